The number of hydrazine groups is 1. The van der Waals surface area contributed by atoms with Gasteiger partial charge in [0.25, 0.3) is 0 Å². The third kappa shape index (κ3) is 4.00. The molecular formula is C14H25BrN4S. The number of aromatic nitrogens is 2. The third-order valence-corrected chi connectivity index (χ3v) is 6.10. The van der Waals surface area contributed by atoms with Gasteiger partial charge in [-0.05, 0) is 59.0 Å². The molecule has 3 N–H and O–H groups in total. The van der Waals surface area contributed by atoms with E-state index in [-0.39, 0.29) is 0 Å². The van der Waals surface area contributed by atoms with Crippen molar-refractivity contribution >= 4 is 27.7 Å². The van der Waals surface area contributed by atoms with Crippen molar-refractivity contribution in [2.24, 2.45) is 18.8 Å². The van der Waals surface area contributed by atoms with Crippen LogP contribution in [0.1, 0.15) is 37.6 Å². The number of hydrogen-bond acceptors (Lipinski definition) is 4. The lowest BCUT2D eigenvalue weighted by atomic mass is 9.92. The fourth-order valence-electron chi connectivity index (χ4n) is 2.87. The van der Waals surface area contributed by atoms with E-state index in [9.17, 15) is 0 Å². The van der Waals surface area contributed by atoms with E-state index in [1.807, 2.05) is 11.7 Å². The van der Waals surface area contributed by atoms with E-state index in [0.717, 1.165) is 35.3 Å². The number of nitrogens with zero attached hydrogens (tertiary/aromatic N) is 2. The number of halogens is 1. The Hall–Kier alpha value is -0.0400. The highest BCUT2D eigenvalue weighted by molar-refractivity contribution is 9.10. The first kappa shape index (κ1) is 16.3. The Morgan fingerprint density at radius 2 is 2.20 bits per heavy atom. The summed E-state index contributed by atoms with van der Waals surface area (Å²) >= 11 is 5.77. The standard InChI is InChI=1S/C14H25BrN4S/c1-3-12-14(15)13(19(2)18-12)9-11(17-16)8-10-4-6-20-7-5-10/h10-11,17H,3-9,16H2,1-2H3. The van der Waals surface area contributed by atoms with Crippen molar-refractivity contribution in [3.8, 4) is 0 Å². The summed E-state index contributed by atoms with van der Waals surface area (Å²) in [4.78, 5) is 0. The molecule has 0 spiro atoms. The quantitative estimate of drug-likeness (QED) is 0.604. The number of aryl methyl sites for hydroxylation is 2. The van der Waals surface area contributed by atoms with Crippen molar-refractivity contribution in [3.63, 3.8) is 0 Å². The first-order valence-electron chi connectivity index (χ1n) is 7.39. The second-order valence-electron chi connectivity index (χ2n) is 5.54. The second-order valence-corrected chi connectivity index (χ2v) is 7.56. The van der Waals surface area contributed by atoms with Gasteiger partial charge in [0.15, 0.2) is 0 Å². The van der Waals surface area contributed by atoms with Crippen LogP contribution >= 0.6 is 27.7 Å². The average Bonchev–Trinajstić information content (AvgIpc) is 2.74. The van der Waals surface area contributed by atoms with Crippen LogP contribution in [0.5, 0.6) is 0 Å². The number of hydrogen-bond donors (Lipinski definition) is 2. The summed E-state index contributed by atoms with van der Waals surface area (Å²) in [7, 11) is 2.02. The van der Waals surface area contributed by atoms with Gasteiger partial charge in [-0.25, -0.2) is 0 Å². The molecule has 1 unspecified atom stereocenters. The van der Waals surface area contributed by atoms with E-state index in [0.29, 0.717) is 6.04 Å². The molecule has 1 aliphatic rings. The minimum absolute atomic E-state index is 0.333. The molecule has 0 aliphatic carbocycles. The highest BCUT2D eigenvalue weighted by Gasteiger charge is 2.21. The zero-order chi connectivity index (χ0) is 14.5. The predicted octanol–water partition coefficient (Wildman–Crippen LogP) is 2.65. The molecule has 1 atom stereocenters. The molecule has 4 nitrogen and oxygen atoms in total. The fraction of sp³-hybridized carbons (Fsp3) is 0.786. The van der Waals surface area contributed by atoms with Gasteiger partial charge in [-0.1, -0.05) is 6.92 Å². The van der Waals surface area contributed by atoms with E-state index in [2.05, 4.69) is 45.1 Å². The van der Waals surface area contributed by atoms with Gasteiger partial charge < -0.3 is 0 Å². The van der Waals surface area contributed by atoms with E-state index >= 15 is 0 Å². The van der Waals surface area contributed by atoms with E-state index in [4.69, 9.17) is 5.84 Å². The molecule has 20 heavy (non-hydrogen) atoms. The lowest BCUT2D eigenvalue weighted by molar-refractivity contribution is 0.361. The third-order valence-electron chi connectivity index (χ3n) is 4.14. The van der Waals surface area contributed by atoms with Gasteiger partial charge in [-0.2, -0.15) is 16.9 Å². The summed E-state index contributed by atoms with van der Waals surface area (Å²) in [5, 5.41) is 4.56. The summed E-state index contributed by atoms with van der Waals surface area (Å²) in [6, 6.07) is 0.333. The molecule has 2 rings (SSSR count). The van der Waals surface area contributed by atoms with Gasteiger partial charge in [-0.15, -0.1) is 0 Å². The van der Waals surface area contributed by atoms with Crippen LogP contribution in [0.3, 0.4) is 0 Å². The summed E-state index contributed by atoms with van der Waals surface area (Å²) in [6.45, 7) is 2.13. The van der Waals surface area contributed by atoms with Gasteiger partial charge in [0.1, 0.15) is 0 Å². The van der Waals surface area contributed by atoms with Crippen molar-refractivity contribution in [1.29, 1.82) is 0 Å². The lowest BCUT2D eigenvalue weighted by Gasteiger charge is -2.26. The van der Waals surface area contributed by atoms with Crippen molar-refractivity contribution < 1.29 is 0 Å². The molecule has 6 heteroatoms. The molecule has 0 amide bonds. The molecule has 0 aromatic carbocycles. The second kappa shape index (κ2) is 7.82. The Labute approximate surface area is 134 Å². The Balaban J connectivity index is 2.00. The minimum Gasteiger partial charge on any atom is -0.271 e. The van der Waals surface area contributed by atoms with Gasteiger partial charge >= 0.3 is 0 Å². The van der Waals surface area contributed by atoms with Crippen LogP contribution in [0.25, 0.3) is 0 Å². The Kier molecular flexibility index (Phi) is 6.39. The Morgan fingerprint density at radius 1 is 1.50 bits per heavy atom. The smallest absolute Gasteiger partial charge is 0.0766 e. The molecule has 0 radical (unpaired) electrons. The van der Waals surface area contributed by atoms with Gasteiger partial charge in [0.05, 0.1) is 15.9 Å². The van der Waals surface area contributed by atoms with Crippen LogP contribution in [0.4, 0.5) is 0 Å². The molecular weight excluding hydrogens is 336 g/mol. The molecule has 1 fully saturated rings. The normalized spacial score (nSPS) is 18.4. The summed E-state index contributed by atoms with van der Waals surface area (Å²) < 4.78 is 3.14. The lowest BCUT2D eigenvalue weighted by Crippen LogP contribution is -2.39. The first-order valence-corrected chi connectivity index (χ1v) is 9.34. The van der Waals surface area contributed by atoms with Gasteiger partial charge in [-0.3, -0.25) is 16.0 Å². The van der Waals surface area contributed by atoms with Crippen LogP contribution in [0, 0.1) is 5.92 Å². The predicted molar refractivity (Wildman–Crippen MR) is 89.8 cm³/mol. The molecule has 1 aliphatic heterocycles. The molecule has 114 valence electrons. The van der Waals surface area contributed by atoms with E-state index in [1.54, 1.807) is 0 Å². The zero-order valence-electron chi connectivity index (χ0n) is 12.4. The number of rotatable bonds is 6. The maximum atomic E-state index is 5.78. The molecule has 2 heterocycles. The molecule has 1 saturated heterocycles. The SMILES string of the molecule is CCc1nn(C)c(CC(CC2CCSCC2)NN)c1Br. The summed E-state index contributed by atoms with van der Waals surface area (Å²) in [5.74, 6) is 9.20. The highest BCUT2D eigenvalue weighted by atomic mass is 79.9. The Morgan fingerprint density at radius 3 is 2.75 bits per heavy atom. The molecule has 1 aromatic heterocycles. The van der Waals surface area contributed by atoms with E-state index in [1.165, 1.54) is 30.0 Å². The topological polar surface area (TPSA) is 55.9 Å². The fourth-order valence-corrected chi connectivity index (χ4v) is 4.85. The molecule has 0 bridgehead atoms. The van der Waals surface area contributed by atoms with Crippen LogP contribution in [0.2, 0.25) is 0 Å². The maximum Gasteiger partial charge on any atom is 0.0766 e. The zero-order valence-corrected chi connectivity index (χ0v) is 14.8. The maximum absolute atomic E-state index is 5.78. The molecule has 1 aromatic rings. The van der Waals surface area contributed by atoms with Crippen LogP contribution in [-0.4, -0.2) is 27.3 Å². The summed E-state index contributed by atoms with van der Waals surface area (Å²) in [5.41, 5.74) is 5.39. The van der Waals surface area contributed by atoms with Gasteiger partial charge in [0, 0.05) is 19.5 Å². The van der Waals surface area contributed by atoms with Crippen LogP contribution in [0.15, 0.2) is 4.47 Å². The van der Waals surface area contributed by atoms with Gasteiger partial charge in [0.2, 0.25) is 0 Å². The Bertz CT molecular complexity index is 429. The monoisotopic (exact) mass is 360 g/mol. The highest BCUT2D eigenvalue weighted by Crippen LogP contribution is 2.28. The van der Waals surface area contributed by atoms with Crippen molar-refractivity contribution in [2.75, 3.05) is 11.5 Å². The average molecular weight is 361 g/mol. The number of nitrogens with one attached hydrogen (secondary N) is 1. The number of thioether (sulfide) groups is 1. The first-order chi connectivity index (χ1) is 9.65. The minimum atomic E-state index is 0.333. The number of nitrogens with two attached hydrogens (primary N) is 1. The largest absolute Gasteiger partial charge is 0.271 e. The summed E-state index contributed by atoms with van der Waals surface area (Å²) in [6.07, 6.45) is 5.71. The molecule has 0 saturated carbocycles. The van der Waals surface area contributed by atoms with Crippen molar-refractivity contribution in [3.05, 3.63) is 15.9 Å². The van der Waals surface area contributed by atoms with Crippen molar-refractivity contribution in [1.82, 2.24) is 15.2 Å². The van der Waals surface area contributed by atoms with Crippen LogP contribution < -0.4 is 11.3 Å². The van der Waals surface area contributed by atoms with Crippen LogP contribution in [-0.2, 0) is 19.9 Å². The van der Waals surface area contributed by atoms with Crippen molar-refractivity contribution in [2.45, 2.75) is 45.1 Å². The van der Waals surface area contributed by atoms with E-state index < -0.39 is 0 Å².